The Morgan fingerprint density at radius 1 is 1.11 bits per heavy atom. The van der Waals surface area contributed by atoms with Crippen LogP contribution in [-0.2, 0) is 11.4 Å². The number of methoxy groups -OCH3 is 1. The van der Waals surface area contributed by atoms with Crippen LogP contribution in [0.25, 0.3) is 0 Å². The largest absolute Gasteiger partial charge is 0.493 e. The summed E-state index contributed by atoms with van der Waals surface area (Å²) in [6.07, 6.45) is 3.42. The second-order valence-electron chi connectivity index (χ2n) is 5.78. The van der Waals surface area contributed by atoms with Crippen molar-refractivity contribution in [2.45, 2.75) is 11.5 Å². The fourth-order valence-electron chi connectivity index (χ4n) is 2.41. The van der Waals surface area contributed by atoms with E-state index < -0.39 is 0 Å². The van der Waals surface area contributed by atoms with E-state index in [0.717, 1.165) is 10.5 Å². The van der Waals surface area contributed by atoms with Gasteiger partial charge in [0.15, 0.2) is 11.5 Å². The summed E-state index contributed by atoms with van der Waals surface area (Å²) in [5.74, 6) is 1.27. The van der Waals surface area contributed by atoms with Crippen LogP contribution in [0.15, 0.2) is 71.9 Å². The molecule has 1 N–H and O–H groups in total. The minimum Gasteiger partial charge on any atom is -0.493 e. The summed E-state index contributed by atoms with van der Waals surface area (Å²) < 4.78 is 11.2. The average Bonchev–Trinajstić information content (AvgIpc) is 2.72. The number of amides is 1. The molecule has 0 fully saturated rings. The van der Waals surface area contributed by atoms with Crippen LogP contribution in [0.4, 0.5) is 5.69 Å². The second-order valence-corrected chi connectivity index (χ2v) is 7.20. The quantitative estimate of drug-likeness (QED) is 0.522. The molecular weight excluding hydrogens is 396 g/mol. The van der Waals surface area contributed by atoms with Gasteiger partial charge in [0.2, 0.25) is 5.91 Å². The number of nitrogens with one attached hydrogen (secondary N) is 1. The summed E-state index contributed by atoms with van der Waals surface area (Å²) in [5.41, 5.74) is 1.62. The summed E-state index contributed by atoms with van der Waals surface area (Å²) in [6, 6.07) is 16.5. The highest BCUT2D eigenvalue weighted by Crippen LogP contribution is 2.31. The van der Waals surface area contributed by atoms with Crippen molar-refractivity contribution >= 4 is 35.0 Å². The highest BCUT2D eigenvalue weighted by atomic mass is 35.5. The Hall–Kier alpha value is -2.70. The Morgan fingerprint density at radius 2 is 1.89 bits per heavy atom. The Morgan fingerprint density at radius 3 is 2.64 bits per heavy atom. The lowest BCUT2D eigenvalue weighted by atomic mass is 10.2. The Bertz CT molecular complexity index is 938. The number of rotatable bonds is 8. The van der Waals surface area contributed by atoms with Gasteiger partial charge < -0.3 is 14.8 Å². The third kappa shape index (κ3) is 5.65. The van der Waals surface area contributed by atoms with Gasteiger partial charge in [0.05, 0.1) is 17.9 Å². The zero-order valence-electron chi connectivity index (χ0n) is 15.2. The number of aromatic nitrogens is 1. The lowest BCUT2D eigenvalue weighted by Crippen LogP contribution is -2.14. The van der Waals surface area contributed by atoms with Crippen molar-refractivity contribution < 1.29 is 14.3 Å². The first-order valence-electron chi connectivity index (χ1n) is 8.52. The molecule has 0 spiro atoms. The molecule has 3 aromatic rings. The summed E-state index contributed by atoms with van der Waals surface area (Å²) in [5, 5.41) is 3.51. The molecule has 1 aromatic heterocycles. The highest BCUT2D eigenvalue weighted by molar-refractivity contribution is 8.00. The van der Waals surface area contributed by atoms with Crippen molar-refractivity contribution in [1.82, 2.24) is 4.98 Å². The number of halogens is 1. The summed E-state index contributed by atoms with van der Waals surface area (Å²) in [6.45, 7) is 0.374. The maximum atomic E-state index is 12.3. The van der Waals surface area contributed by atoms with Crippen LogP contribution < -0.4 is 14.8 Å². The number of hydrogen-bond acceptors (Lipinski definition) is 5. The third-order valence-corrected chi connectivity index (χ3v) is 5.30. The summed E-state index contributed by atoms with van der Waals surface area (Å²) in [4.78, 5) is 17.1. The van der Waals surface area contributed by atoms with Crippen LogP contribution in [0.1, 0.15) is 5.56 Å². The Labute approximate surface area is 173 Å². The van der Waals surface area contributed by atoms with Crippen LogP contribution in [-0.4, -0.2) is 23.8 Å². The molecule has 0 saturated carbocycles. The number of ether oxygens (including phenoxy) is 2. The molecule has 28 heavy (non-hydrogen) atoms. The molecule has 0 atom stereocenters. The molecule has 144 valence electrons. The van der Waals surface area contributed by atoms with Crippen LogP contribution in [0, 0.1) is 0 Å². The van der Waals surface area contributed by atoms with Crippen molar-refractivity contribution in [3.8, 4) is 11.5 Å². The molecule has 1 amide bonds. The molecule has 0 aliphatic heterocycles. The van der Waals surface area contributed by atoms with E-state index in [2.05, 4.69) is 10.3 Å². The van der Waals surface area contributed by atoms with E-state index in [1.54, 1.807) is 43.8 Å². The van der Waals surface area contributed by atoms with Crippen molar-refractivity contribution in [1.29, 1.82) is 0 Å². The molecule has 0 aliphatic carbocycles. The molecule has 0 aliphatic rings. The molecule has 0 unspecified atom stereocenters. The normalized spacial score (nSPS) is 10.4. The predicted molar refractivity (Wildman–Crippen MR) is 112 cm³/mol. The van der Waals surface area contributed by atoms with Crippen LogP contribution in [0.3, 0.4) is 0 Å². The van der Waals surface area contributed by atoms with Gasteiger partial charge in [-0.2, -0.15) is 0 Å². The molecule has 1 heterocycles. The number of pyridine rings is 1. The summed E-state index contributed by atoms with van der Waals surface area (Å²) >= 11 is 7.51. The topological polar surface area (TPSA) is 60.5 Å². The van der Waals surface area contributed by atoms with E-state index in [4.69, 9.17) is 21.1 Å². The molecule has 2 aromatic carbocycles. The SMILES string of the molecule is COc1ccc(NC(=O)CSc2ccccc2Cl)cc1OCc1ccncc1. The van der Waals surface area contributed by atoms with E-state index in [0.29, 0.717) is 28.8 Å². The van der Waals surface area contributed by atoms with Gasteiger partial charge in [-0.05, 0) is 42.0 Å². The number of hydrogen-bond donors (Lipinski definition) is 1. The maximum absolute atomic E-state index is 12.3. The molecule has 0 bridgehead atoms. The van der Waals surface area contributed by atoms with Crippen molar-refractivity contribution in [3.63, 3.8) is 0 Å². The van der Waals surface area contributed by atoms with Gasteiger partial charge in [0, 0.05) is 29.0 Å². The molecule has 3 rings (SSSR count). The van der Waals surface area contributed by atoms with E-state index in [-0.39, 0.29) is 11.7 Å². The zero-order chi connectivity index (χ0) is 19.8. The van der Waals surface area contributed by atoms with Crippen LogP contribution >= 0.6 is 23.4 Å². The minimum atomic E-state index is -0.129. The highest BCUT2D eigenvalue weighted by Gasteiger charge is 2.10. The lowest BCUT2D eigenvalue weighted by molar-refractivity contribution is -0.113. The first kappa shape index (κ1) is 20.0. The Balaban J connectivity index is 1.61. The average molecular weight is 415 g/mol. The molecule has 0 radical (unpaired) electrons. The molecular formula is C21H19ClN2O3S. The number of anilines is 1. The predicted octanol–water partition coefficient (Wildman–Crippen LogP) is 5.05. The maximum Gasteiger partial charge on any atom is 0.234 e. The second kappa shape index (κ2) is 10.0. The molecule has 7 heteroatoms. The van der Waals surface area contributed by atoms with Gasteiger partial charge in [-0.25, -0.2) is 0 Å². The minimum absolute atomic E-state index is 0.129. The van der Waals surface area contributed by atoms with E-state index in [9.17, 15) is 4.79 Å². The smallest absolute Gasteiger partial charge is 0.234 e. The number of nitrogens with zero attached hydrogens (tertiary/aromatic N) is 1. The number of benzene rings is 2. The fraction of sp³-hybridized carbons (Fsp3) is 0.143. The van der Waals surface area contributed by atoms with E-state index >= 15 is 0 Å². The van der Waals surface area contributed by atoms with E-state index in [1.165, 1.54) is 11.8 Å². The third-order valence-electron chi connectivity index (χ3n) is 3.79. The number of carbonyl (C=O) groups is 1. The van der Waals surface area contributed by atoms with Gasteiger partial charge in [0.25, 0.3) is 0 Å². The monoisotopic (exact) mass is 414 g/mol. The summed E-state index contributed by atoms with van der Waals surface area (Å²) in [7, 11) is 1.58. The van der Waals surface area contributed by atoms with Crippen molar-refractivity contribution in [3.05, 3.63) is 77.6 Å². The number of carbonyl (C=O) groups excluding carboxylic acids is 1. The lowest BCUT2D eigenvalue weighted by Gasteiger charge is -2.13. The van der Waals surface area contributed by atoms with Gasteiger partial charge in [-0.3, -0.25) is 9.78 Å². The van der Waals surface area contributed by atoms with Crippen LogP contribution in [0.5, 0.6) is 11.5 Å². The first-order chi connectivity index (χ1) is 13.7. The van der Waals surface area contributed by atoms with Gasteiger partial charge in [-0.15, -0.1) is 11.8 Å². The Kier molecular flexibility index (Phi) is 7.17. The van der Waals surface area contributed by atoms with Gasteiger partial charge in [-0.1, -0.05) is 23.7 Å². The van der Waals surface area contributed by atoms with E-state index in [1.807, 2.05) is 30.3 Å². The zero-order valence-corrected chi connectivity index (χ0v) is 16.8. The number of thioether (sulfide) groups is 1. The standard InChI is InChI=1S/C21H19ClN2O3S/c1-26-18-7-6-16(12-19(18)27-13-15-8-10-23-11-9-15)24-21(25)14-28-20-5-3-2-4-17(20)22/h2-12H,13-14H2,1H3,(H,24,25). The van der Waals surface area contributed by atoms with Crippen molar-refractivity contribution in [2.24, 2.45) is 0 Å². The first-order valence-corrected chi connectivity index (χ1v) is 9.89. The van der Waals surface area contributed by atoms with Gasteiger partial charge >= 0.3 is 0 Å². The van der Waals surface area contributed by atoms with Crippen LogP contribution in [0.2, 0.25) is 5.02 Å². The fourth-order valence-corrected chi connectivity index (χ4v) is 3.45. The van der Waals surface area contributed by atoms with Crippen molar-refractivity contribution in [2.75, 3.05) is 18.2 Å². The van der Waals surface area contributed by atoms with Gasteiger partial charge in [0.1, 0.15) is 6.61 Å². The molecule has 5 nitrogen and oxygen atoms in total. The molecule has 0 saturated heterocycles.